The fraction of sp³-hybridized carbons (Fsp3) is 0.308. The summed E-state index contributed by atoms with van der Waals surface area (Å²) in [4.78, 5) is 26.6. The first-order valence-electron chi connectivity index (χ1n) is 12.3. The maximum absolute atomic E-state index is 13.7. The van der Waals surface area contributed by atoms with Gasteiger partial charge in [0.1, 0.15) is 14.5 Å². The highest BCUT2D eigenvalue weighted by Gasteiger charge is 2.42. The van der Waals surface area contributed by atoms with Crippen LogP contribution in [0.2, 0.25) is 0 Å². The maximum Gasteiger partial charge on any atom is 0.416 e. The van der Waals surface area contributed by atoms with Crippen LogP contribution < -0.4 is 5.32 Å². The lowest BCUT2D eigenvalue weighted by Gasteiger charge is -2.39. The van der Waals surface area contributed by atoms with Gasteiger partial charge in [-0.15, -0.1) is 11.3 Å². The highest BCUT2D eigenvalue weighted by Crippen LogP contribution is 2.34. The van der Waals surface area contributed by atoms with Crippen molar-refractivity contribution in [1.82, 2.24) is 14.5 Å². The third-order valence-electron chi connectivity index (χ3n) is 6.47. The standard InChI is InChI=1S/C26H26F3N3O6S3/c1-18(33)31-14-15-32(22(17-31)25(34)30-16-19-8-10-20(11-9-19)26(27,28)29)41(37,38)24-13-12-23(39-24)40(35,36)21-6-4-2-3-5-7-21/h2,4-13,22H,3,14-17H2,1H3,(H,30,34). The van der Waals surface area contributed by atoms with E-state index in [9.17, 15) is 39.6 Å². The van der Waals surface area contributed by atoms with E-state index < -0.39 is 43.5 Å². The van der Waals surface area contributed by atoms with Crippen molar-refractivity contribution in [3.63, 3.8) is 0 Å². The molecule has 1 fully saturated rings. The highest BCUT2D eigenvalue weighted by molar-refractivity contribution is 7.98. The Balaban J connectivity index is 1.57. The second-order valence-electron chi connectivity index (χ2n) is 9.22. The molecular formula is C26H26F3N3O6S3. The summed E-state index contributed by atoms with van der Waals surface area (Å²) in [6, 6.07) is 5.14. The molecule has 1 aliphatic carbocycles. The summed E-state index contributed by atoms with van der Waals surface area (Å²) in [5.74, 6) is -1.13. The Morgan fingerprint density at radius 3 is 2.34 bits per heavy atom. The van der Waals surface area contributed by atoms with Crippen LogP contribution in [0.25, 0.3) is 0 Å². The first-order chi connectivity index (χ1) is 19.2. The number of benzene rings is 1. The molecule has 220 valence electrons. The largest absolute Gasteiger partial charge is 0.416 e. The number of sulfonamides is 1. The van der Waals surface area contributed by atoms with Crippen molar-refractivity contribution in [2.75, 3.05) is 19.6 Å². The molecule has 1 saturated heterocycles. The van der Waals surface area contributed by atoms with Gasteiger partial charge in [0.15, 0.2) is 0 Å². The van der Waals surface area contributed by atoms with Crippen molar-refractivity contribution in [1.29, 1.82) is 0 Å². The maximum atomic E-state index is 13.7. The van der Waals surface area contributed by atoms with Crippen molar-refractivity contribution in [2.45, 2.75) is 40.5 Å². The van der Waals surface area contributed by atoms with E-state index in [1.807, 2.05) is 0 Å². The molecule has 2 heterocycles. The van der Waals surface area contributed by atoms with Gasteiger partial charge in [0.25, 0.3) is 10.0 Å². The fourth-order valence-corrected chi connectivity index (χ4v) is 9.14. The lowest BCUT2D eigenvalue weighted by atomic mass is 10.1. The zero-order valence-corrected chi connectivity index (χ0v) is 24.1. The smallest absolute Gasteiger partial charge is 0.351 e. The van der Waals surface area contributed by atoms with E-state index in [-0.39, 0.29) is 45.4 Å². The van der Waals surface area contributed by atoms with Gasteiger partial charge in [0.05, 0.1) is 10.5 Å². The molecule has 1 unspecified atom stereocenters. The molecule has 1 N–H and O–H groups in total. The molecule has 0 radical (unpaired) electrons. The van der Waals surface area contributed by atoms with Crippen molar-refractivity contribution < 1.29 is 39.6 Å². The van der Waals surface area contributed by atoms with Gasteiger partial charge in [-0.1, -0.05) is 30.4 Å². The second kappa shape index (κ2) is 11.9. The minimum absolute atomic E-state index is 0.00708. The second-order valence-corrected chi connectivity index (χ2v) is 14.6. The van der Waals surface area contributed by atoms with Crippen LogP contribution in [-0.4, -0.2) is 63.5 Å². The van der Waals surface area contributed by atoms with Gasteiger partial charge < -0.3 is 10.2 Å². The number of hydrogen-bond acceptors (Lipinski definition) is 7. The van der Waals surface area contributed by atoms with Gasteiger partial charge in [0, 0.05) is 33.1 Å². The Hall–Kier alpha value is -3.27. The van der Waals surface area contributed by atoms with Crippen LogP contribution in [-0.2, 0) is 42.2 Å². The lowest BCUT2D eigenvalue weighted by Crippen LogP contribution is -2.61. The van der Waals surface area contributed by atoms with Gasteiger partial charge in [-0.05, 0) is 48.4 Å². The number of thiophene rings is 1. The number of amides is 2. The molecular weight excluding hydrogens is 603 g/mol. The summed E-state index contributed by atoms with van der Waals surface area (Å²) in [5, 5.41) is 2.54. The fourth-order valence-electron chi connectivity index (χ4n) is 4.23. The van der Waals surface area contributed by atoms with Crippen LogP contribution in [0.1, 0.15) is 24.5 Å². The number of carbonyl (C=O) groups excluding carboxylic acids is 2. The van der Waals surface area contributed by atoms with Crippen LogP contribution in [0.5, 0.6) is 0 Å². The zero-order valence-electron chi connectivity index (χ0n) is 21.7. The van der Waals surface area contributed by atoms with E-state index >= 15 is 0 Å². The number of rotatable bonds is 7. The number of sulfone groups is 1. The van der Waals surface area contributed by atoms with Gasteiger partial charge in [-0.2, -0.15) is 17.5 Å². The predicted molar refractivity (Wildman–Crippen MR) is 146 cm³/mol. The molecule has 0 spiro atoms. The Labute approximate surface area is 239 Å². The number of allylic oxidation sites excluding steroid dienone is 5. The van der Waals surface area contributed by atoms with Crippen LogP contribution in [0, 0.1) is 0 Å². The number of alkyl halides is 3. The van der Waals surface area contributed by atoms with Gasteiger partial charge in [-0.25, -0.2) is 16.8 Å². The van der Waals surface area contributed by atoms with Crippen molar-refractivity contribution in [3.05, 3.63) is 82.8 Å². The molecule has 0 saturated carbocycles. The average Bonchev–Trinajstić information content (AvgIpc) is 3.29. The third kappa shape index (κ3) is 6.80. The molecule has 1 aromatic carbocycles. The van der Waals surface area contributed by atoms with Crippen molar-refractivity contribution in [3.8, 4) is 0 Å². The molecule has 9 nitrogen and oxygen atoms in total. The van der Waals surface area contributed by atoms with Crippen molar-refractivity contribution >= 4 is 43.0 Å². The third-order valence-corrected chi connectivity index (χ3v) is 12.2. The van der Waals surface area contributed by atoms with Gasteiger partial charge >= 0.3 is 6.18 Å². The van der Waals surface area contributed by atoms with E-state index in [4.69, 9.17) is 0 Å². The first kappa shape index (κ1) is 30.7. The summed E-state index contributed by atoms with van der Waals surface area (Å²) in [6.07, 6.45) is 3.93. The van der Waals surface area contributed by atoms with Gasteiger partial charge in [-0.3, -0.25) is 9.59 Å². The number of nitrogens with one attached hydrogen (secondary N) is 1. The van der Waals surface area contributed by atoms with E-state index in [1.165, 1.54) is 42.2 Å². The van der Waals surface area contributed by atoms with Crippen LogP contribution in [0.15, 0.2) is 80.1 Å². The van der Waals surface area contributed by atoms with E-state index in [2.05, 4.69) is 5.32 Å². The lowest BCUT2D eigenvalue weighted by molar-refractivity contribution is -0.138. The minimum atomic E-state index is -4.52. The number of piperazine rings is 1. The molecule has 41 heavy (non-hydrogen) atoms. The normalized spacial score (nSPS) is 18.6. The Kier molecular flexibility index (Phi) is 8.92. The molecule has 15 heteroatoms. The number of hydrogen-bond donors (Lipinski definition) is 1. The molecule has 0 bridgehead atoms. The summed E-state index contributed by atoms with van der Waals surface area (Å²) in [6.45, 7) is 0.633. The monoisotopic (exact) mass is 629 g/mol. The van der Waals surface area contributed by atoms with Crippen molar-refractivity contribution in [2.24, 2.45) is 0 Å². The van der Waals surface area contributed by atoms with E-state index in [1.54, 1.807) is 18.2 Å². The Morgan fingerprint density at radius 2 is 1.68 bits per heavy atom. The molecule has 2 aromatic rings. The quantitative estimate of drug-likeness (QED) is 0.501. The SMILES string of the molecule is CC(=O)N1CCN(S(=O)(=O)c2ccc(S(=O)(=O)C3=CC=CCC=C3)s2)C(C(=O)NCc2ccc(C(F)(F)F)cc2)C1. The minimum Gasteiger partial charge on any atom is -0.351 e. The van der Waals surface area contributed by atoms with Crippen LogP contribution in [0.4, 0.5) is 13.2 Å². The first-order valence-corrected chi connectivity index (χ1v) is 16.0. The number of nitrogens with zero attached hydrogens (tertiary/aromatic N) is 2. The Bertz CT molecular complexity index is 1630. The van der Waals surface area contributed by atoms with Gasteiger partial charge in [0.2, 0.25) is 21.7 Å². The summed E-state index contributed by atoms with van der Waals surface area (Å²) in [7, 11) is -8.38. The highest BCUT2D eigenvalue weighted by atomic mass is 32.3. The molecule has 4 rings (SSSR count). The van der Waals surface area contributed by atoms with Crippen LogP contribution >= 0.6 is 11.3 Å². The topological polar surface area (TPSA) is 121 Å². The predicted octanol–water partition coefficient (Wildman–Crippen LogP) is 3.48. The average molecular weight is 630 g/mol. The number of halogens is 3. The molecule has 2 amide bonds. The molecule has 1 atom stereocenters. The van der Waals surface area contributed by atoms with Crippen LogP contribution in [0.3, 0.4) is 0 Å². The van der Waals surface area contributed by atoms with E-state index in [0.717, 1.165) is 22.5 Å². The molecule has 1 aromatic heterocycles. The zero-order chi connectivity index (χ0) is 30.0. The molecule has 1 aliphatic heterocycles. The summed E-state index contributed by atoms with van der Waals surface area (Å²) < 4.78 is 92.6. The summed E-state index contributed by atoms with van der Waals surface area (Å²) >= 11 is 0.555. The number of carbonyl (C=O) groups is 2. The van der Waals surface area contributed by atoms with E-state index in [0.29, 0.717) is 23.3 Å². The summed E-state index contributed by atoms with van der Waals surface area (Å²) in [5.41, 5.74) is -0.501. The molecule has 2 aliphatic rings. The Morgan fingerprint density at radius 1 is 1.00 bits per heavy atom.